The number of rotatable bonds is 3. The Morgan fingerprint density at radius 3 is 1.78 bits per heavy atom. The molecule has 1 aliphatic heterocycles. The maximum atomic E-state index is 5.73. The van der Waals surface area contributed by atoms with Crippen molar-refractivity contribution in [2.45, 2.75) is 20.4 Å². The summed E-state index contributed by atoms with van der Waals surface area (Å²) in [4.78, 5) is 4.92. The normalized spacial score (nSPS) is 15.8. The molecule has 1 fully saturated rings. The molecular formula is C20H29N3. The minimum atomic E-state index is 0.811. The fourth-order valence-electron chi connectivity index (χ4n) is 2.74. The molecular weight excluding hydrogens is 282 g/mol. The van der Waals surface area contributed by atoms with Crippen LogP contribution in [0.15, 0.2) is 48.5 Å². The highest BCUT2D eigenvalue weighted by Crippen LogP contribution is 2.21. The van der Waals surface area contributed by atoms with Gasteiger partial charge in [0.1, 0.15) is 0 Å². The molecule has 3 rings (SSSR count). The zero-order valence-electron chi connectivity index (χ0n) is 14.6. The number of nitrogens with two attached hydrogens (primary N) is 1. The Morgan fingerprint density at radius 1 is 0.783 bits per heavy atom. The minimum absolute atomic E-state index is 0.811. The van der Waals surface area contributed by atoms with Crippen molar-refractivity contribution in [3.8, 4) is 11.1 Å². The van der Waals surface area contributed by atoms with Gasteiger partial charge in [0.15, 0.2) is 0 Å². The van der Waals surface area contributed by atoms with Gasteiger partial charge in [0.05, 0.1) is 0 Å². The van der Waals surface area contributed by atoms with Gasteiger partial charge in [0.25, 0.3) is 0 Å². The summed E-state index contributed by atoms with van der Waals surface area (Å²) in [6, 6.07) is 16.9. The third-order valence-corrected chi connectivity index (χ3v) is 4.20. The van der Waals surface area contributed by atoms with E-state index in [1.807, 2.05) is 26.0 Å². The van der Waals surface area contributed by atoms with Crippen LogP contribution in [0.5, 0.6) is 0 Å². The summed E-state index contributed by atoms with van der Waals surface area (Å²) in [6.07, 6.45) is 0. The molecule has 0 amide bonds. The lowest BCUT2D eigenvalue weighted by atomic mass is 10.0. The maximum Gasteiger partial charge on any atom is 0.0314 e. The fraction of sp³-hybridized carbons (Fsp3) is 0.400. The quantitative estimate of drug-likeness (QED) is 0.877. The largest absolute Gasteiger partial charge is 0.399 e. The molecule has 0 aromatic heterocycles. The summed E-state index contributed by atoms with van der Waals surface area (Å²) < 4.78 is 0. The molecule has 0 unspecified atom stereocenters. The summed E-state index contributed by atoms with van der Waals surface area (Å²) in [5, 5.41) is 0. The average Bonchev–Trinajstić information content (AvgIpc) is 2.60. The van der Waals surface area contributed by atoms with Gasteiger partial charge in [-0.05, 0) is 35.9 Å². The first-order chi connectivity index (χ1) is 11.2. The van der Waals surface area contributed by atoms with Gasteiger partial charge in [-0.15, -0.1) is 0 Å². The van der Waals surface area contributed by atoms with Crippen LogP contribution in [-0.2, 0) is 6.54 Å². The van der Waals surface area contributed by atoms with E-state index < -0.39 is 0 Å². The molecule has 0 bridgehead atoms. The minimum Gasteiger partial charge on any atom is -0.399 e. The molecule has 124 valence electrons. The Balaban J connectivity index is 0.000000924. The summed E-state index contributed by atoms with van der Waals surface area (Å²) in [5.41, 5.74) is 10.4. The van der Waals surface area contributed by atoms with Crippen molar-refractivity contribution in [1.82, 2.24) is 9.80 Å². The SMILES string of the molecule is CC.CN1CCN(Cc2ccc(-c3ccc(N)cc3)cc2)CC1. The highest BCUT2D eigenvalue weighted by Gasteiger charge is 2.13. The Kier molecular flexibility index (Phi) is 6.63. The predicted octanol–water partition coefficient (Wildman–Crippen LogP) is 3.71. The molecule has 1 aliphatic rings. The van der Waals surface area contributed by atoms with E-state index in [4.69, 9.17) is 5.73 Å². The Morgan fingerprint density at radius 2 is 1.26 bits per heavy atom. The number of piperazine rings is 1. The lowest BCUT2D eigenvalue weighted by Gasteiger charge is -2.32. The average molecular weight is 311 g/mol. The fourth-order valence-corrected chi connectivity index (χ4v) is 2.74. The second kappa shape index (κ2) is 8.70. The molecule has 2 aromatic rings. The molecule has 0 saturated carbocycles. The topological polar surface area (TPSA) is 32.5 Å². The highest BCUT2D eigenvalue weighted by atomic mass is 15.2. The van der Waals surface area contributed by atoms with Crippen LogP contribution < -0.4 is 5.73 Å². The second-order valence-electron chi connectivity index (χ2n) is 5.90. The lowest BCUT2D eigenvalue weighted by molar-refractivity contribution is 0.148. The Bertz CT molecular complexity index is 567. The zero-order valence-corrected chi connectivity index (χ0v) is 14.6. The Hall–Kier alpha value is -1.84. The van der Waals surface area contributed by atoms with Gasteiger partial charge >= 0.3 is 0 Å². The number of benzene rings is 2. The molecule has 2 N–H and O–H groups in total. The van der Waals surface area contributed by atoms with Gasteiger partial charge in [0.2, 0.25) is 0 Å². The van der Waals surface area contributed by atoms with Crippen molar-refractivity contribution >= 4 is 5.69 Å². The first-order valence-corrected chi connectivity index (χ1v) is 8.56. The van der Waals surface area contributed by atoms with Gasteiger partial charge in [0, 0.05) is 38.4 Å². The number of hydrogen-bond acceptors (Lipinski definition) is 3. The molecule has 23 heavy (non-hydrogen) atoms. The van der Waals surface area contributed by atoms with Crippen molar-refractivity contribution in [2.24, 2.45) is 0 Å². The molecule has 1 saturated heterocycles. The van der Waals surface area contributed by atoms with Crippen LogP contribution in [0.2, 0.25) is 0 Å². The van der Waals surface area contributed by atoms with Gasteiger partial charge in [-0.3, -0.25) is 4.90 Å². The van der Waals surface area contributed by atoms with E-state index in [-0.39, 0.29) is 0 Å². The van der Waals surface area contributed by atoms with E-state index in [0.29, 0.717) is 0 Å². The number of hydrogen-bond donors (Lipinski definition) is 1. The van der Waals surface area contributed by atoms with Crippen LogP contribution in [0.25, 0.3) is 11.1 Å². The van der Waals surface area contributed by atoms with Crippen LogP contribution in [0.4, 0.5) is 5.69 Å². The summed E-state index contributed by atoms with van der Waals surface area (Å²) in [7, 11) is 2.19. The highest BCUT2D eigenvalue weighted by molar-refractivity contribution is 5.65. The summed E-state index contributed by atoms with van der Waals surface area (Å²) in [6.45, 7) is 9.72. The Labute approximate surface area is 140 Å². The number of nitrogen functional groups attached to an aromatic ring is 1. The van der Waals surface area contributed by atoms with E-state index in [2.05, 4.69) is 53.2 Å². The van der Waals surface area contributed by atoms with Gasteiger partial charge in [-0.1, -0.05) is 50.2 Å². The lowest BCUT2D eigenvalue weighted by Crippen LogP contribution is -2.43. The van der Waals surface area contributed by atoms with Crippen LogP contribution in [-0.4, -0.2) is 43.0 Å². The molecule has 0 radical (unpaired) electrons. The molecule has 0 aliphatic carbocycles. The van der Waals surface area contributed by atoms with E-state index >= 15 is 0 Å². The number of anilines is 1. The summed E-state index contributed by atoms with van der Waals surface area (Å²) >= 11 is 0. The summed E-state index contributed by atoms with van der Waals surface area (Å²) in [5.74, 6) is 0. The van der Waals surface area contributed by atoms with Crippen LogP contribution in [0.1, 0.15) is 19.4 Å². The van der Waals surface area contributed by atoms with Crippen molar-refractivity contribution in [3.05, 3.63) is 54.1 Å². The predicted molar refractivity (Wildman–Crippen MR) is 100 cm³/mol. The second-order valence-corrected chi connectivity index (χ2v) is 5.90. The van der Waals surface area contributed by atoms with Crippen molar-refractivity contribution in [1.29, 1.82) is 0 Å². The van der Waals surface area contributed by atoms with Gasteiger partial charge < -0.3 is 10.6 Å². The van der Waals surface area contributed by atoms with Gasteiger partial charge in [-0.2, -0.15) is 0 Å². The van der Waals surface area contributed by atoms with E-state index in [9.17, 15) is 0 Å². The molecule has 2 aromatic carbocycles. The first kappa shape index (κ1) is 17.5. The number of likely N-dealkylation sites (N-methyl/N-ethyl adjacent to an activating group) is 1. The van der Waals surface area contributed by atoms with Crippen LogP contribution in [0, 0.1) is 0 Å². The van der Waals surface area contributed by atoms with E-state index in [0.717, 1.165) is 25.3 Å². The van der Waals surface area contributed by atoms with Crippen molar-refractivity contribution in [3.63, 3.8) is 0 Å². The molecule has 0 spiro atoms. The van der Waals surface area contributed by atoms with Crippen LogP contribution >= 0.6 is 0 Å². The van der Waals surface area contributed by atoms with Crippen molar-refractivity contribution in [2.75, 3.05) is 39.0 Å². The zero-order chi connectivity index (χ0) is 16.7. The molecule has 0 atom stereocenters. The smallest absolute Gasteiger partial charge is 0.0314 e. The molecule has 3 heteroatoms. The third kappa shape index (κ3) is 5.08. The first-order valence-electron chi connectivity index (χ1n) is 8.56. The molecule has 1 heterocycles. The van der Waals surface area contributed by atoms with E-state index in [1.165, 1.54) is 29.8 Å². The maximum absolute atomic E-state index is 5.73. The standard InChI is InChI=1S/C18H23N3.C2H6/c1-20-10-12-21(13-11-20)14-15-2-4-16(5-3-15)17-6-8-18(19)9-7-17;1-2/h2-9H,10-14,19H2,1H3;1-2H3. The van der Waals surface area contributed by atoms with Gasteiger partial charge in [-0.25, -0.2) is 0 Å². The number of nitrogens with zero attached hydrogens (tertiary/aromatic N) is 2. The van der Waals surface area contributed by atoms with E-state index in [1.54, 1.807) is 0 Å². The monoisotopic (exact) mass is 311 g/mol. The van der Waals surface area contributed by atoms with Crippen LogP contribution in [0.3, 0.4) is 0 Å². The third-order valence-electron chi connectivity index (χ3n) is 4.20. The molecule has 3 nitrogen and oxygen atoms in total. The van der Waals surface area contributed by atoms with Crippen molar-refractivity contribution < 1.29 is 0 Å².